The van der Waals surface area contributed by atoms with Gasteiger partial charge < -0.3 is 0 Å². The molecule has 2 aliphatic carbocycles. The van der Waals surface area contributed by atoms with Crippen LogP contribution in [0.5, 0.6) is 0 Å². The van der Waals surface area contributed by atoms with Crippen molar-refractivity contribution in [2.75, 3.05) is 0 Å². The summed E-state index contributed by atoms with van der Waals surface area (Å²) >= 11 is 0. The van der Waals surface area contributed by atoms with Crippen molar-refractivity contribution in [2.24, 2.45) is 17.3 Å². The van der Waals surface area contributed by atoms with Gasteiger partial charge in [0.1, 0.15) is 0 Å². The lowest BCUT2D eigenvalue weighted by Gasteiger charge is -2.47. The van der Waals surface area contributed by atoms with Crippen LogP contribution < -0.4 is 0 Å². The van der Waals surface area contributed by atoms with E-state index in [2.05, 4.69) is 13.8 Å². The van der Waals surface area contributed by atoms with Crippen molar-refractivity contribution in [3.8, 4) is 0 Å². The zero-order valence-corrected chi connectivity index (χ0v) is 9.31. The molecule has 0 heteroatoms. The Labute approximate surface area is 83.1 Å². The summed E-state index contributed by atoms with van der Waals surface area (Å²) in [5, 5.41) is 0. The van der Waals surface area contributed by atoms with Gasteiger partial charge in [0, 0.05) is 0 Å². The SMILES string of the molecule is CC1CCC2(CCCC[C@@H]2C)CC1. The summed E-state index contributed by atoms with van der Waals surface area (Å²) in [6.07, 6.45) is 12.1. The van der Waals surface area contributed by atoms with Crippen molar-refractivity contribution < 1.29 is 0 Å². The summed E-state index contributed by atoms with van der Waals surface area (Å²) in [4.78, 5) is 0. The highest BCUT2D eigenvalue weighted by Gasteiger charge is 2.39. The topological polar surface area (TPSA) is 0 Å². The highest BCUT2D eigenvalue weighted by atomic mass is 14.4. The summed E-state index contributed by atoms with van der Waals surface area (Å²) in [5.41, 5.74) is 0.796. The molecular weight excluding hydrogens is 156 g/mol. The highest BCUT2D eigenvalue weighted by Crippen LogP contribution is 2.51. The van der Waals surface area contributed by atoms with Crippen LogP contribution in [0.4, 0.5) is 0 Å². The van der Waals surface area contributed by atoms with Gasteiger partial charge >= 0.3 is 0 Å². The van der Waals surface area contributed by atoms with Gasteiger partial charge in [0.2, 0.25) is 0 Å². The Morgan fingerprint density at radius 1 is 0.846 bits per heavy atom. The molecule has 0 amide bonds. The zero-order valence-electron chi connectivity index (χ0n) is 9.31. The lowest BCUT2D eigenvalue weighted by Crippen LogP contribution is -2.35. The largest absolute Gasteiger partial charge is 0.0625 e. The van der Waals surface area contributed by atoms with Crippen LogP contribution >= 0.6 is 0 Å². The van der Waals surface area contributed by atoms with Crippen LogP contribution in [0.1, 0.15) is 65.2 Å². The third kappa shape index (κ3) is 1.78. The van der Waals surface area contributed by atoms with Crippen molar-refractivity contribution in [3.63, 3.8) is 0 Å². The molecule has 2 saturated carbocycles. The van der Waals surface area contributed by atoms with Gasteiger partial charge in [-0.3, -0.25) is 0 Å². The maximum atomic E-state index is 2.51. The van der Waals surface area contributed by atoms with Gasteiger partial charge in [-0.2, -0.15) is 0 Å². The van der Waals surface area contributed by atoms with Crippen LogP contribution in [0, 0.1) is 17.3 Å². The minimum atomic E-state index is 0.796. The van der Waals surface area contributed by atoms with E-state index in [9.17, 15) is 0 Å². The van der Waals surface area contributed by atoms with Crippen LogP contribution in [0.15, 0.2) is 0 Å². The minimum Gasteiger partial charge on any atom is -0.0625 e. The molecule has 0 aromatic carbocycles. The van der Waals surface area contributed by atoms with E-state index in [1.807, 2.05) is 0 Å². The minimum absolute atomic E-state index is 0.796. The Morgan fingerprint density at radius 3 is 2.15 bits per heavy atom. The number of hydrogen-bond acceptors (Lipinski definition) is 0. The zero-order chi connectivity index (χ0) is 9.31. The molecule has 0 N–H and O–H groups in total. The molecule has 1 spiro atoms. The Kier molecular flexibility index (Phi) is 2.67. The Balaban J connectivity index is 2.01. The van der Waals surface area contributed by atoms with E-state index in [1.165, 1.54) is 44.9 Å². The molecule has 13 heavy (non-hydrogen) atoms. The van der Waals surface area contributed by atoms with Crippen LogP contribution in [-0.2, 0) is 0 Å². The van der Waals surface area contributed by atoms with Gasteiger partial charge in [0.25, 0.3) is 0 Å². The molecule has 0 aromatic heterocycles. The average Bonchev–Trinajstić information content (AvgIpc) is 2.15. The fraction of sp³-hybridized carbons (Fsp3) is 1.00. The Hall–Kier alpha value is 0. The first-order valence-electron chi connectivity index (χ1n) is 6.23. The molecule has 0 radical (unpaired) electrons. The number of hydrogen-bond donors (Lipinski definition) is 0. The second-order valence-corrected chi connectivity index (χ2v) is 5.69. The molecule has 0 unspecified atom stereocenters. The molecule has 76 valence electrons. The summed E-state index contributed by atoms with van der Waals surface area (Å²) in [5.74, 6) is 2.04. The quantitative estimate of drug-likeness (QED) is 0.518. The Bertz CT molecular complexity index is 163. The Morgan fingerprint density at radius 2 is 1.54 bits per heavy atom. The smallest absolute Gasteiger partial charge is 0.0272 e. The second kappa shape index (κ2) is 3.63. The van der Waals surface area contributed by atoms with Gasteiger partial charge in [-0.15, -0.1) is 0 Å². The van der Waals surface area contributed by atoms with Crippen molar-refractivity contribution in [3.05, 3.63) is 0 Å². The van der Waals surface area contributed by atoms with E-state index in [4.69, 9.17) is 0 Å². The molecule has 0 nitrogen and oxygen atoms in total. The maximum Gasteiger partial charge on any atom is -0.0272 e. The molecule has 2 aliphatic rings. The van der Waals surface area contributed by atoms with Crippen LogP contribution in [0.25, 0.3) is 0 Å². The summed E-state index contributed by atoms with van der Waals surface area (Å²) in [6.45, 7) is 4.94. The highest BCUT2D eigenvalue weighted by molar-refractivity contribution is 4.91. The van der Waals surface area contributed by atoms with Crippen molar-refractivity contribution in [1.82, 2.24) is 0 Å². The first-order chi connectivity index (χ1) is 6.23. The molecule has 1 atom stereocenters. The lowest BCUT2D eigenvalue weighted by atomic mass is 9.59. The van der Waals surface area contributed by atoms with Crippen molar-refractivity contribution >= 4 is 0 Å². The van der Waals surface area contributed by atoms with Crippen LogP contribution in [0.2, 0.25) is 0 Å². The fourth-order valence-electron chi connectivity index (χ4n) is 3.56. The molecule has 2 rings (SSSR count). The third-order valence-corrected chi connectivity index (χ3v) is 4.88. The van der Waals surface area contributed by atoms with Crippen LogP contribution in [0.3, 0.4) is 0 Å². The normalized spacial score (nSPS) is 46.6. The number of rotatable bonds is 0. The fourth-order valence-corrected chi connectivity index (χ4v) is 3.56. The monoisotopic (exact) mass is 180 g/mol. The molecular formula is C13H24. The summed E-state index contributed by atoms with van der Waals surface area (Å²) in [6, 6.07) is 0. The molecule has 0 bridgehead atoms. The maximum absolute atomic E-state index is 2.51. The molecule has 0 heterocycles. The molecule has 0 aromatic rings. The van der Waals surface area contributed by atoms with Crippen LogP contribution in [-0.4, -0.2) is 0 Å². The summed E-state index contributed by atoms with van der Waals surface area (Å²) < 4.78 is 0. The standard InChI is InChI=1S/C13H24/c1-11-6-9-13(10-7-11)8-4-3-5-12(13)2/h11-12H,3-10H2,1-2H3/t11?,12-,13?/m0/s1. The van der Waals surface area contributed by atoms with E-state index in [-0.39, 0.29) is 0 Å². The van der Waals surface area contributed by atoms with Gasteiger partial charge in [0.15, 0.2) is 0 Å². The predicted molar refractivity (Wildman–Crippen MR) is 57.7 cm³/mol. The first kappa shape index (κ1) is 9.55. The lowest BCUT2D eigenvalue weighted by molar-refractivity contribution is 0.0437. The van der Waals surface area contributed by atoms with Gasteiger partial charge in [-0.1, -0.05) is 46.0 Å². The van der Waals surface area contributed by atoms with E-state index in [1.54, 1.807) is 6.42 Å². The predicted octanol–water partition coefficient (Wildman–Crippen LogP) is 4.39. The second-order valence-electron chi connectivity index (χ2n) is 5.69. The van der Waals surface area contributed by atoms with Crippen molar-refractivity contribution in [2.45, 2.75) is 65.2 Å². The molecule has 0 saturated heterocycles. The van der Waals surface area contributed by atoms with E-state index in [0.29, 0.717) is 0 Å². The van der Waals surface area contributed by atoms with Gasteiger partial charge in [0.05, 0.1) is 0 Å². The van der Waals surface area contributed by atoms with Gasteiger partial charge in [-0.05, 0) is 36.5 Å². The van der Waals surface area contributed by atoms with E-state index in [0.717, 1.165) is 17.3 Å². The molecule has 0 aliphatic heterocycles. The van der Waals surface area contributed by atoms with Crippen molar-refractivity contribution in [1.29, 1.82) is 0 Å². The molecule has 2 fully saturated rings. The van der Waals surface area contributed by atoms with E-state index >= 15 is 0 Å². The third-order valence-electron chi connectivity index (χ3n) is 4.88. The first-order valence-corrected chi connectivity index (χ1v) is 6.23. The summed E-state index contributed by atoms with van der Waals surface area (Å²) in [7, 11) is 0. The van der Waals surface area contributed by atoms with Gasteiger partial charge in [-0.25, -0.2) is 0 Å². The van der Waals surface area contributed by atoms with E-state index < -0.39 is 0 Å². The average molecular weight is 180 g/mol.